The lowest BCUT2D eigenvalue weighted by molar-refractivity contribution is -0.151. The number of halogens is 2. The number of nitrogens with one attached hydrogen (secondary N) is 1. The van der Waals surface area contributed by atoms with E-state index in [1.165, 1.54) is 32.3 Å². The molecular weight excluding hydrogens is 333 g/mol. The van der Waals surface area contributed by atoms with Crippen LogP contribution < -0.4 is 5.32 Å². The average molecular weight is 344 g/mol. The Hall–Kier alpha value is -2.12. The number of carbonyl (C=O) groups excluding carboxylic acids is 4. The summed E-state index contributed by atoms with van der Waals surface area (Å²) in [5, 5.41) is 2.97. The largest absolute Gasteiger partial charge is 0.332 e. The highest BCUT2D eigenvalue weighted by Gasteiger charge is 2.46. The van der Waals surface area contributed by atoms with Crippen molar-refractivity contribution >= 4 is 52.6 Å². The Balaban J connectivity index is 2.26. The summed E-state index contributed by atoms with van der Waals surface area (Å²) in [6.07, 6.45) is 0. The Labute approximate surface area is 135 Å². The molecule has 0 atom stereocenters. The van der Waals surface area contributed by atoms with Crippen molar-refractivity contribution in [1.29, 1.82) is 0 Å². The maximum Gasteiger partial charge on any atom is 0.332 e. The summed E-state index contributed by atoms with van der Waals surface area (Å²) in [5.74, 6) is -4.28. The molecular formula is C13H11Cl2N3O4. The topological polar surface area (TPSA) is 86.8 Å². The fourth-order valence-electron chi connectivity index (χ4n) is 1.97. The van der Waals surface area contributed by atoms with Gasteiger partial charge in [-0.05, 0) is 18.2 Å². The van der Waals surface area contributed by atoms with Crippen LogP contribution >= 0.6 is 23.2 Å². The second kappa shape index (κ2) is 5.94. The van der Waals surface area contributed by atoms with Gasteiger partial charge in [0.2, 0.25) is 5.91 Å². The molecule has 1 aromatic carbocycles. The van der Waals surface area contributed by atoms with E-state index in [-0.39, 0.29) is 15.7 Å². The van der Waals surface area contributed by atoms with Gasteiger partial charge in [0.1, 0.15) is 0 Å². The molecule has 1 saturated heterocycles. The maximum atomic E-state index is 12.2. The minimum atomic E-state index is -1.63. The van der Waals surface area contributed by atoms with E-state index in [1.807, 2.05) is 0 Å². The molecule has 1 aliphatic rings. The summed E-state index contributed by atoms with van der Waals surface area (Å²) in [6, 6.07) is 3.52. The van der Waals surface area contributed by atoms with Gasteiger partial charge < -0.3 is 5.32 Å². The first-order chi connectivity index (χ1) is 10.2. The fourth-order valence-corrected chi connectivity index (χ4v) is 2.50. The summed E-state index contributed by atoms with van der Waals surface area (Å²) in [6.45, 7) is 0. The van der Waals surface area contributed by atoms with Gasteiger partial charge in [0.15, 0.2) is 5.92 Å². The summed E-state index contributed by atoms with van der Waals surface area (Å²) >= 11 is 11.6. The van der Waals surface area contributed by atoms with E-state index in [1.54, 1.807) is 0 Å². The first kappa shape index (κ1) is 16.3. The molecule has 1 N–H and O–H groups in total. The molecule has 0 bridgehead atoms. The van der Waals surface area contributed by atoms with Crippen LogP contribution in [0.5, 0.6) is 0 Å². The van der Waals surface area contributed by atoms with Crippen molar-refractivity contribution in [3.8, 4) is 0 Å². The molecule has 5 amide bonds. The zero-order chi connectivity index (χ0) is 16.6. The highest BCUT2D eigenvalue weighted by molar-refractivity contribution is 6.35. The van der Waals surface area contributed by atoms with Crippen LogP contribution in [0.2, 0.25) is 10.0 Å². The number of rotatable bonds is 2. The Morgan fingerprint density at radius 2 is 1.45 bits per heavy atom. The number of benzene rings is 1. The Bertz CT molecular complexity index is 648. The van der Waals surface area contributed by atoms with Crippen LogP contribution in [0.1, 0.15) is 0 Å². The third-order valence-corrected chi connectivity index (χ3v) is 3.56. The summed E-state index contributed by atoms with van der Waals surface area (Å²) < 4.78 is 0. The molecule has 1 heterocycles. The molecule has 0 aromatic heterocycles. The first-order valence-corrected chi connectivity index (χ1v) is 6.84. The molecule has 0 unspecified atom stereocenters. The first-order valence-electron chi connectivity index (χ1n) is 6.08. The van der Waals surface area contributed by atoms with Crippen molar-refractivity contribution in [2.24, 2.45) is 5.92 Å². The molecule has 7 nitrogen and oxygen atoms in total. The number of carbonyl (C=O) groups is 4. The number of amides is 5. The normalized spacial score (nSPS) is 16.3. The van der Waals surface area contributed by atoms with Crippen molar-refractivity contribution in [2.45, 2.75) is 0 Å². The van der Waals surface area contributed by atoms with Crippen molar-refractivity contribution in [1.82, 2.24) is 9.80 Å². The number of imide groups is 2. The number of hydrogen-bond acceptors (Lipinski definition) is 4. The van der Waals surface area contributed by atoms with E-state index in [4.69, 9.17) is 23.2 Å². The van der Waals surface area contributed by atoms with Crippen LogP contribution in [0.25, 0.3) is 0 Å². The molecule has 0 radical (unpaired) electrons. The predicted octanol–water partition coefficient (Wildman–Crippen LogP) is 1.60. The summed E-state index contributed by atoms with van der Waals surface area (Å²) in [4.78, 5) is 49.3. The standard InChI is InChI=1S/C13H11Cl2N3O4/c1-17-11(20)9(12(21)18(2)13(17)22)10(19)16-8-4-6(14)3-7(15)5-8/h3-5,9H,1-2H3,(H,16,19). The Kier molecular flexibility index (Phi) is 4.39. The molecule has 2 rings (SSSR count). The highest BCUT2D eigenvalue weighted by atomic mass is 35.5. The fraction of sp³-hybridized carbons (Fsp3) is 0.231. The minimum absolute atomic E-state index is 0.241. The number of hydrogen-bond donors (Lipinski definition) is 1. The summed E-state index contributed by atoms with van der Waals surface area (Å²) in [7, 11) is 2.40. The van der Waals surface area contributed by atoms with Crippen molar-refractivity contribution in [3.05, 3.63) is 28.2 Å². The molecule has 1 fully saturated rings. The Morgan fingerprint density at radius 3 is 1.91 bits per heavy atom. The Morgan fingerprint density at radius 1 is 1.00 bits per heavy atom. The van der Waals surface area contributed by atoms with Gasteiger partial charge in [-0.1, -0.05) is 23.2 Å². The molecule has 22 heavy (non-hydrogen) atoms. The number of anilines is 1. The van der Waals surface area contributed by atoms with Crippen molar-refractivity contribution in [2.75, 3.05) is 19.4 Å². The van der Waals surface area contributed by atoms with Crippen molar-refractivity contribution < 1.29 is 19.2 Å². The molecule has 1 aliphatic heterocycles. The van der Waals surface area contributed by atoms with E-state index < -0.39 is 29.7 Å². The lowest BCUT2D eigenvalue weighted by atomic mass is 10.0. The lowest BCUT2D eigenvalue weighted by Gasteiger charge is -2.32. The van der Waals surface area contributed by atoms with E-state index in [9.17, 15) is 19.2 Å². The summed E-state index contributed by atoms with van der Waals surface area (Å²) in [5.41, 5.74) is 0.241. The quantitative estimate of drug-likeness (QED) is 0.826. The minimum Gasteiger partial charge on any atom is -0.325 e. The van der Waals surface area contributed by atoms with Crippen molar-refractivity contribution in [3.63, 3.8) is 0 Å². The van der Waals surface area contributed by atoms with Gasteiger partial charge in [-0.25, -0.2) is 4.79 Å². The van der Waals surface area contributed by atoms with E-state index >= 15 is 0 Å². The third-order valence-electron chi connectivity index (χ3n) is 3.12. The number of nitrogens with zero attached hydrogens (tertiary/aromatic N) is 2. The van der Waals surface area contributed by atoms with E-state index in [0.29, 0.717) is 0 Å². The monoisotopic (exact) mass is 343 g/mol. The van der Waals surface area contributed by atoms with Crippen LogP contribution in [0.4, 0.5) is 10.5 Å². The van der Waals surface area contributed by atoms with Gasteiger partial charge in [0.05, 0.1) is 0 Å². The van der Waals surface area contributed by atoms with Crippen LogP contribution in [0, 0.1) is 5.92 Å². The van der Waals surface area contributed by atoms with E-state index in [2.05, 4.69) is 5.32 Å². The van der Waals surface area contributed by atoms with Gasteiger partial charge in [0, 0.05) is 29.8 Å². The van der Waals surface area contributed by atoms with Gasteiger partial charge in [-0.2, -0.15) is 0 Å². The molecule has 0 saturated carbocycles. The zero-order valence-electron chi connectivity index (χ0n) is 11.6. The molecule has 0 spiro atoms. The van der Waals surface area contributed by atoms with Gasteiger partial charge in [-0.15, -0.1) is 0 Å². The third kappa shape index (κ3) is 2.90. The molecule has 116 valence electrons. The highest BCUT2D eigenvalue weighted by Crippen LogP contribution is 2.24. The number of barbiturate groups is 1. The maximum absolute atomic E-state index is 12.2. The predicted molar refractivity (Wildman–Crippen MR) is 79.5 cm³/mol. The zero-order valence-corrected chi connectivity index (χ0v) is 13.1. The van der Waals surface area contributed by atoms with Crippen LogP contribution in [0.3, 0.4) is 0 Å². The molecule has 1 aromatic rings. The van der Waals surface area contributed by atoms with Crippen LogP contribution in [-0.4, -0.2) is 47.6 Å². The molecule has 0 aliphatic carbocycles. The second-order valence-corrected chi connectivity index (χ2v) is 5.53. The average Bonchev–Trinajstić information content (AvgIpc) is 2.42. The van der Waals surface area contributed by atoms with Gasteiger partial charge >= 0.3 is 6.03 Å². The second-order valence-electron chi connectivity index (χ2n) is 4.66. The lowest BCUT2D eigenvalue weighted by Crippen LogP contribution is -2.59. The van der Waals surface area contributed by atoms with E-state index in [0.717, 1.165) is 9.80 Å². The van der Waals surface area contributed by atoms with Crippen LogP contribution in [0.15, 0.2) is 18.2 Å². The smallest absolute Gasteiger partial charge is 0.325 e. The SMILES string of the molecule is CN1C(=O)C(C(=O)Nc2cc(Cl)cc(Cl)c2)C(=O)N(C)C1=O. The van der Waals surface area contributed by atoms with Gasteiger partial charge in [-0.3, -0.25) is 24.2 Å². The van der Waals surface area contributed by atoms with Gasteiger partial charge in [0.25, 0.3) is 11.8 Å². The van der Waals surface area contributed by atoms with Crippen LogP contribution in [-0.2, 0) is 14.4 Å². The molecule has 9 heteroatoms. The number of urea groups is 1.